The van der Waals surface area contributed by atoms with Crippen LogP contribution in [0.25, 0.3) is 0 Å². The standard InChI is InChI=1S/C13H11F4NO2/c14-11-9(4-1-5-10(11)13(15,16)17)12(20)18-6-2-3-8(19)7-18/h1,4-5H,2-3,6-7H2. The van der Waals surface area contributed by atoms with E-state index in [1.54, 1.807) is 0 Å². The average molecular weight is 289 g/mol. The van der Waals surface area contributed by atoms with E-state index < -0.39 is 29.0 Å². The van der Waals surface area contributed by atoms with Gasteiger partial charge in [0.05, 0.1) is 17.7 Å². The van der Waals surface area contributed by atoms with Crippen molar-refractivity contribution in [3.8, 4) is 0 Å². The van der Waals surface area contributed by atoms with Gasteiger partial charge >= 0.3 is 6.18 Å². The quantitative estimate of drug-likeness (QED) is 0.745. The molecule has 0 atom stereocenters. The smallest absolute Gasteiger partial charge is 0.331 e. The van der Waals surface area contributed by atoms with Crippen LogP contribution in [0.1, 0.15) is 28.8 Å². The third-order valence-corrected chi connectivity index (χ3v) is 3.07. The number of alkyl halides is 3. The van der Waals surface area contributed by atoms with E-state index in [-0.39, 0.29) is 18.9 Å². The molecular weight excluding hydrogens is 278 g/mol. The minimum absolute atomic E-state index is 0.183. The minimum atomic E-state index is -4.86. The fourth-order valence-corrected chi connectivity index (χ4v) is 2.10. The fraction of sp³-hybridized carbons (Fsp3) is 0.385. The maximum absolute atomic E-state index is 13.8. The van der Waals surface area contributed by atoms with E-state index in [0.717, 1.165) is 17.0 Å². The summed E-state index contributed by atoms with van der Waals surface area (Å²) in [7, 11) is 0. The molecule has 7 heteroatoms. The van der Waals surface area contributed by atoms with Crippen LogP contribution >= 0.6 is 0 Å². The van der Waals surface area contributed by atoms with Crippen molar-refractivity contribution in [2.24, 2.45) is 0 Å². The Morgan fingerprint density at radius 3 is 2.55 bits per heavy atom. The monoisotopic (exact) mass is 289 g/mol. The number of carbonyl (C=O) groups is 2. The molecule has 1 aliphatic rings. The van der Waals surface area contributed by atoms with E-state index in [1.165, 1.54) is 0 Å². The Balaban J connectivity index is 2.33. The van der Waals surface area contributed by atoms with Crippen LogP contribution in [0.4, 0.5) is 17.6 Å². The topological polar surface area (TPSA) is 37.4 Å². The summed E-state index contributed by atoms with van der Waals surface area (Å²) in [5.74, 6) is -2.67. The highest BCUT2D eigenvalue weighted by Crippen LogP contribution is 2.32. The number of amides is 1. The third kappa shape index (κ3) is 2.81. The van der Waals surface area contributed by atoms with Gasteiger partial charge in [0.15, 0.2) is 5.78 Å². The number of Topliss-reactive ketones (excluding diaryl/α,β-unsaturated/α-hetero) is 1. The molecule has 0 spiro atoms. The van der Waals surface area contributed by atoms with Crippen LogP contribution in [0, 0.1) is 5.82 Å². The lowest BCUT2D eigenvalue weighted by molar-refractivity contribution is -0.140. The minimum Gasteiger partial charge on any atom is -0.331 e. The van der Waals surface area contributed by atoms with Gasteiger partial charge in [-0.2, -0.15) is 13.2 Å². The number of hydrogen-bond acceptors (Lipinski definition) is 2. The van der Waals surface area contributed by atoms with Gasteiger partial charge in [-0.25, -0.2) is 4.39 Å². The van der Waals surface area contributed by atoms with Crippen LogP contribution in [0.2, 0.25) is 0 Å². The number of ketones is 1. The van der Waals surface area contributed by atoms with E-state index >= 15 is 0 Å². The number of halogens is 4. The Labute approximate surface area is 112 Å². The molecule has 1 amide bonds. The number of hydrogen-bond donors (Lipinski definition) is 0. The average Bonchev–Trinajstić information content (AvgIpc) is 2.37. The van der Waals surface area contributed by atoms with Gasteiger partial charge in [-0.1, -0.05) is 6.07 Å². The molecule has 2 rings (SSSR count). The predicted molar refractivity (Wildman–Crippen MR) is 61.5 cm³/mol. The molecule has 0 aromatic heterocycles. The molecule has 0 radical (unpaired) electrons. The van der Waals surface area contributed by atoms with Crippen LogP contribution in [-0.4, -0.2) is 29.7 Å². The zero-order valence-corrected chi connectivity index (χ0v) is 10.3. The first-order valence-corrected chi connectivity index (χ1v) is 5.97. The highest BCUT2D eigenvalue weighted by molar-refractivity contribution is 5.97. The van der Waals surface area contributed by atoms with E-state index in [9.17, 15) is 27.2 Å². The van der Waals surface area contributed by atoms with Gasteiger partial charge in [0.2, 0.25) is 0 Å². The molecule has 1 aliphatic heterocycles. The molecule has 1 saturated heterocycles. The number of rotatable bonds is 1. The van der Waals surface area contributed by atoms with E-state index in [1.807, 2.05) is 0 Å². The summed E-state index contributed by atoms with van der Waals surface area (Å²) in [6.07, 6.45) is -4.10. The zero-order valence-electron chi connectivity index (χ0n) is 10.3. The molecule has 0 saturated carbocycles. The molecular formula is C13H11F4NO2. The van der Waals surface area contributed by atoms with Crippen molar-refractivity contribution in [1.82, 2.24) is 4.90 Å². The highest BCUT2D eigenvalue weighted by atomic mass is 19.4. The maximum atomic E-state index is 13.8. The summed E-state index contributed by atoms with van der Waals surface area (Å²) in [4.78, 5) is 24.3. The van der Waals surface area contributed by atoms with E-state index in [0.29, 0.717) is 18.9 Å². The highest BCUT2D eigenvalue weighted by Gasteiger charge is 2.36. The summed E-state index contributed by atoms with van der Waals surface area (Å²) in [6, 6.07) is 2.55. The summed E-state index contributed by atoms with van der Waals surface area (Å²) in [5.41, 5.74) is -2.14. The Morgan fingerprint density at radius 2 is 1.95 bits per heavy atom. The lowest BCUT2D eigenvalue weighted by Crippen LogP contribution is -2.40. The van der Waals surface area contributed by atoms with Gasteiger partial charge < -0.3 is 4.90 Å². The van der Waals surface area contributed by atoms with Gasteiger partial charge in [0.25, 0.3) is 5.91 Å². The van der Waals surface area contributed by atoms with Crippen molar-refractivity contribution in [2.45, 2.75) is 19.0 Å². The summed E-state index contributed by atoms with van der Waals surface area (Å²) in [6.45, 7) is 0.0504. The molecule has 0 unspecified atom stereocenters. The number of nitrogens with zero attached hydrogens (tertiary/aromatic N) is 1. The molecule has 0 bridgehead atoms. The van der Waals surface area contributed by atoms with Crippen molar-refractivity contribution in [2.75, 3.05) is 13.1 Å². The molecule has 0 N–H and O–H groups in total. The van der Waals surface area contributed by atoms with Crippen LogP contribution in [0.5, 0.6) is 0 Å². The molecule has 3 nitrogen and oxygen atoms in total. The molecule has 1 heterocycles. The lowest BCUT2D eigenvalue weighted by Gasteiger charge is -2.26. The van der Waals surface area contributed by atoms with Gasteiger partial charge in [-0.15, -0.1) is 0 Å². The normalized spacial score (nSPS) is 16.4. The largest absolute Gasteiger partial charge is 0.419 e. The van der Waals surface area contributed by atoms with Crippen molar-refractivity contribution in [3.05, 3.63) is 35.1 Å². The second kappa shape index (κ2) is 5.22. The third-order valence-electron chi connectivity index (χ3n) is 3.07. The molecule has 0 aliphatic carbocycles. The Kier molecular flexibility index (Phi) is 3.78. The molecule has 1 aromatic carbocycles. The van der Waals surface area contributed by atoms with Gasteiger partial charge in [-0.3, -0.25) is 9.59 Å². The van der Waals surface area contributed by atoms with Gasteiger partial charge in [-0.05, 0) is 18.6 Å². The van der Waals surface area contributed by atoms with Crippen molar-refractivity contribution >= 4 is 11.7 Å². The van der Waals surface area contributed by atoms with Crippen molar-refractivity contribution < 1.29 is 27.2 Å². The molecule has 20 heavy (non-hydrogen) atoms. The fourth-order valence-electron chi connectivity index (χ4n) is 2.10. The van der Waals surface area contributed by atoms with Crippen LogP contribution < -0.4 is 0 Å². The van der Waals surface area contributed by atoms with Crippen molar-refractivity contribution in [1.29, 1.82) is 0 Å². The van der Waals surface area contributed by atoms with Crippen LogP contribution in [0.15, 0.2) is 18.2 Å². The number of benzene rings is 1. The molecule has 1 aromatic rings. The van der Waals surface area contributed by atoms with E-state index in [2.05, 4.69) is 0 Å². The van der Waals surface area contributed by atoms with Gasteiger partial charge in [0, 0.05) is 13.0 Å². The second-order valence-corrected chi connectivity index (χ2v) is 4.53. The lowest BCUT2D eigenvalue weighted by atomic mass is 10.1. The van der Waals surface area contributed by atoms with Gasteiger partial charge in [0.1, 0.15) is 5.82 Å². The van der Waals surface area contributed by atoms with Crippen LogP contribution in [-0.2, 0) is 11.0 Å². The molecule has 108 valence electrons. The number of piperidine rings is 1. The Bertz CT molecular complexity index is 554. The number of carbonyl (C=O) groups excluding carboxylic acids is 2. The second-order valence-electron chi connectivity index (χ2n) is 4.53. The van der Waals surface area contributed by atoms with E-state index in [4.69, 9.17) is 0 Å². The summed E-state index contributed by atoms with van der Waals surface area (Å²) in [5, 5.41) is 0. The van der Waals surface area contributed by atoms with Crippen molar-refractivity contribution in [3.63, 3.8) is 0 Å². The van der Waals surface area contributed by atoms with Crippen LogP contribution in [0.3, 0.4) is 0 Å². The zero-order chi connectivity index (χ0) is 14.9. The first-order chi connectivity index (χ1) is 9.30. The summed E-state index contributed by atoms with van der Waals surface area (Å²) < 4.78 is 51.6. The SMILES string of the molecule is O=C1CCCN(C(=O)c2cccc(C(F)(F)F)c2F)C1. The Morgan fingerprint density at radius 1 is 1.25 bits per heavy atom. The summed E-state index contributed by atoms with van der Waals surface area (Å²) >= 11 is 0. The Hall–Kier alpha value is -1.92. The first-order valence-electron chi connectivity index (χ1n) is 5.97. The predicted octanol–water partition coefficient (Wildman–Crippen LogP) is 2.65. The first kappa shape index (κ1) is 14.5. The number of likely N-dealkylation sites (tertiary alicyclic amines) is 1. The molecule has 1 fully saturated rings. The maximum Gasteiger partial charge on any atom is 0.419 e.